The highest BCUT2D eigenvalue weighted by molar-refractivity contribution is 9.10. The van der Waals surface area contributed by atoms with Gasteiger partial charge in [-0.05, 0) is 35.9 Å². The summed E-state index contributed by atoms with van der Waals surface area (Å²) < 4.78 is 15.7. The molecule has 5 aromatic rings. The Hall–Kier alpha value is -3.69. The van der Waals surface area contributed by atoms with E-state index in [9.17, 15) is 14.0 Å². The Kier molecular flexibility index (Phi) is 4.89. The lowest BCUT2D eigenvalue weighted by molar-refractivity contribution is -0.113. The largest absolute Gasteiger partial charge is 0.303 e. The Morgan fingerprint density at radius 2 is 1.74 bits per heavy atom. The summed E-state index contributed by atoms with van der Waals surface area (Å²) in [6.07, 6.45) is 0. The SMILES string of the molecule is O=C1C(=c2sc3nc(-c4ccccc4)nn3c2=O)c2cc(Br)ccc2N1Cc1ccc(F)cc1. The molecule has 3 aromatic carbocycles. The van der Waals surface area contributed by atoms with Crippen LogP contribution in [0.15, 0.2) is 82.1 Å². The Labute approximate surface area is 204 Å². The molecule has 0 spiro atoms. The number of carbonyl (C=O) groups excluding carboxylic acids is 1. The van der Waals surface area contributed by atoms with Gasteiger partial charge in [-0.25, -0.2) is 4.39 Å². The molecule has 6 nitrogen and oxygen atoms in total. The van der Waals surface area contributed by atoms with Gasteiger partial charge in [0, 0.05) is 15.6 Å². The zero-order valence-electron chi connectivity index (χ0n) is 17.4. The van der Waals surface area contributed by atoms with Crippen LogP contribution in [0.3, 0.4) is 0 Å². The number of anilines is 1. The third kappa shape index (κ3) is 3.36. The average Bonchev–Trinajstić information content (AvgIpc) is 3.47. The van der Waals surface area contributed by atoms with E-state index < -0.39 is 0 Å². The van der Waals surface area contributed by atoms with Crippen molar-refractivity contribution < 1.29 is 9.18 Å². The Balaban J connectivity index is 1.51. The first-order valence-electron chi connectivity index (χ1n) is 10.3. The van der Waals surface area contributed by atoms with E-state index in [2.05, 4.69) is 26.0 Å². The van der Waals surface area contributed by atoms with Crippen LogP contribution in [-0.2, 0) is 11.3 Å². The summed E-state index contributed by atoms with van der Waals surface area (Å²) in [6.45, 7) is 0.254. The molecule has 6 rings (SSSR count). The van der Waals surface area contributed by atoms with Crippen LogP contribution in [0.5, 0.6) is 0 Å². The normalized spacial score (nSPS) is 14.8. The lowest BCUT2D eigenvalue weighted by atomic mass is 10.1. The van der Waals surface area contributed by atoms with Crippen LogP contribution in [0.1, 0.15) is 11.1 Å². The molecule has 9 heteroatoms. The second kappa shape index (κ2) is 7.96. The number of carbonyl (C=O) groups is 1. The second-order valence-electron chi connectivity index (χ2n) is 7.79. The molecule has 0 saturated heterocycles. The predicted octanol–water partition coefficient (Wildman–Crippen LogP) is 4.18. The topological polar surface area (TPSA) is 67.6 Å². The molecule has 0 saturated carbocycles. The minimum atomic E-state index is -0.382. The Morgan fingerprint density at radius 1 is 0.971 bits per heavy atom. The highest BCUT2D eigenvalue weighted by atomic mass is 79.9. The van der Waals surface area contributed by atoms with E-state index in [4.69, 9.17) is 0 Å². The molecule has 0 bridgehead atoms. The molecule has 1 aliphatic rings. The first-order valence-corrected chi connectivity index (χ1v) is 12.0. The smallest absolute Gasteiger partial charge is 0.291 e. The summed E-state index contributed by atoms with van der Waals surface area (Å²) >= 11 is 4.62. The highest BCUT2D eigenvalue weighted by Crippen LogP contribution is 2.38. The van der Waals surface area contributed by atoms with Crippen molar-refractivity contribution >= 4 is 49.4 Å². The van der Waals surface area contributed by atoms with Gasteiger partial charge < -0.3 is 4.90 Å². The fourth-order valence-electron chi connectivity index (χ4n) is 4.05. The summed E-state index contributed by atoms with van der Waals surface area (Å²) in [5, 5.41) is 4.39. The van der Waals surface area contributed by atoms with Crippen molar-refractivity contribution in [2.24, 2.45) is 0 Å². The van der Waals surface area contributed by atoms with Crippen LogP contribution in [0.4, 0.5) is 10.1 Å². The van der Waals surface area contributed by atoms with Gasteiger partial charge in [0.05, 0.1) is 17.8 Å². The number of aromatic nitrogens is 3. The molecule has 3 heterocycles. The standard InChI is InChI=1S/C25H14BrFN4O2S/c26-16-8-11-19-18(12-16)20(23(32)30(19)13-14-6-9-17(27)10-7-14)21-24(33)31-25(34-21)28-22(29-31)15-4-2-1-3-5-15/h1-12H,13H2. The summed E-state index contributed by atoms with van der Waals surface area (Å²) in [6, 6.07) is 20.9. The minimum absolute atomic E-state index is 0.254. The molecule has 0 radical (unpaired) electrons. The van der Waals surface area contributed by atoms with Gasteiger partial charge >= 0.3 is 0 Å². The summed E-state index contributed by atoms with van der Waals surface area (Å²) in [7, 11) is 0. The Morgan fingerprint density at radius 3 is 2.47 bits per heavy atom. The maximum atomic E-state index is 13.6. The van der Waals surface area contributed by atoms with Crippen LogP contribution in [0, 0.1) is 5.82 Å². The molecule has 1 amide bonds. The van der Waals surface area contributed by atoms with Gasteiger partial charge in [-0.3, -0.25) is 9.59 Å². The molecule has 0 unspecified atom stereocenters. The Bertz CT molecular complexity index is 1700. The van der Waals surface area contributed by atoms with Gasteiger partial charge in [0.15, 0.2) is 5.82 Å². The number of thiazole rings is 1. The quantitative estimate of drug-likeness (QED) is 0.349. The number of halogens is 2. The number of rotatable bonds is 3. The van der Waals surface area contributed by atoms with Crippen LogP contribution in [-0.4, -0.2) is 20.5 Å². The van der Waals surface area contributed by atoms with Gasteiger partial charge in [-0.15, -0.1) is 5.10 Å². The van der Waals surface area contributed by atoms with Crippen LogP contribution in [0.25, 0.3) is 21.9 Å². The van der Waals surface area contributed by atoms with Gasteiger partial charge in [0.25, 0.3) is 11.5 Å². The van der Waals surface area contributed by atoms with Crippen LogP contribution >= 0.6 is 27.3 Å². The van der Waals surface area contributed by atoms with Crippen molar-refractivity contribution in [2.75, 3.05) is 4.90 Å². The maximum absolute atomic E-state index is 13.6. The molecule has 2 aromatic heterocycles. The molecule has 0 atom stereocenters. The summed E-state index contributed by atoms with van der Waals surface area (Å²) in [5.41, 5.74) is 2.88. The fourth-order valence-corrected chi connectivity index (χ4v) is 5.41. The van der Waals surface area contributed by atoms with Gasteiger partial charge in [0.1, 0.15) is 10.3 Å². The first-order chi connectivity index (χ1) is 16.5. The predicted molar refractivity (Wildman–Crippen MR) is 132 cm³/mol. The number of benzene rings is 3. The number of amides is 1. The zero-order valence-corrected chi connectivity index (χ0v) is 19.8. The van der Waals surface area contributed by atoms with Crippen LogP contribution in [0.2, 0.25) is 0 Å². The van der Waals surface area contributed by atoms with E-state index >= 15 is 0 Å². The number of fused-ring (bicyclic) bond motifs is 2. The third-order valence-corrected chi connectivity index (χ3v) is 7.17. The van der Waals surface area contributed by atoms with Crippen molar-refractivity contribution in [3.05, 3.63) is 109 Å². The van der Waals surface area contributed by atoms with Crippen molar-refractivity contribution in [1.29, 1.82) is 0 Å². The van der Waals surface area contributed by atoms with Crippen molar-refractivity contribution in [3.8, 4) is 11.4 Å². The molecule has 0 N–H and O–H groups in total. The maximum Gasteiger partial charge on any atom is 0.291 e. The highest BCUT2D eigenvalue weighted by Gasteiger charge is 2.34. The zero-order chi connectivity index (χ0) is 23.4. The number of hydrogen-bond acceptors (Lipinski definition) is 5. The van der Waals surface area contributed by atoms with E-state index in [0.29, 0.717) is 32.1 Å². The molecule has 34 heavy (non-hydrogen) atoms. The second-order valence-corrected chi connectivity index (χ2v) is 9.68. The van der Waals surface area contributed by atoms with E-state index in [1.54, 1.807) is 17.0 Å². The summed E-state index contributed by atoms with van der Waals surface area (Å²) in [5.74, 6) is -0.171. The monoisotopic (exact) mass is 532 g/mol. The number of hydrogen-bond donors (Lipinski definition) is 0. The number of nitrogens with zero attached hydrogens (tertiary/aromatic N) is 4. The molecule has 0 aliphatic carbocycles. The van der Waals surface area contributed by atoms with Gasteiger partial charge in [-0.2, -0.15) is 9.50 Å². The first kappa shape index (κ1) is 20.9. The van der Waals surface area contributed by atoms with E-state index in [1.165, 1.54) is 16.6 Å². The minimum Gasteiger partial charge on any atom is -0.303 e. The van der Waals surface area contributed by atoms with Crippen molar-refractivity contribution in [2.45, 2.75) is 6.54 Å². The molecular weight excluding hydrogens is 519 g/mol. The lowest BCUT2D eigenvalue weighted by Crippen LogP contribution is -2.32. The van der Waals surface area contributed by atoms with E-state index in [1.807, 2.05) is 48.5 Å². The van der Waals surface area contributed by atoms with Crippen molar-refractivity contribution in [3.63, 3.8) is 0 Å². The van der Waals surface area contributed by atoms with E-state index in [-0.39, 0.29) is 23.8 Å². The van der Waals surface area contributed by atoms with Crippen LogP contribution < -0.4 is 15.0 Å². The molecular formula is C25H14BrFN4O2S. The molecule has 166 valence electrons. The molecule has 1 aliphatic heterocycles. The fraction of sp³-hybridized carbons (Fsp3) is 0.0400. The summed E-state index contributed by atoms with van der Waals surface area (Å²) in [4.78, 5) is 33.5. The van der Waals surface area contributed by atoms with E-state index in [0.717, 1.165) is 26.9 Å². The van der Waals surface area contributed by atoms with Gasteiger partial charge in [0.2, 0.25) is 4.96 Å². The lowest BCUT2D eigenvalue weighted by Gasteiger charge is -2.17. The average molecular weight is 533 g/mol. The van der Waals surface area contributed by atoms with Crippen molar-refractivity contribution in [1.82, 2.24) is 14.6 Å². The van der Waals surface area contributed by atoms with Gasteiger partial charge in [-0.1, -0.05) is 69.7 Å². The molecule has 0 fully saturated rings. The third-order valence-electron chi connectivity index (χ3n) is 5.65.